The molecule has 0 bridgehead atoms. The van der Waals surface area contributed by atoms with E-state index in [1.165, 1.54) is 6.92 Å². The van der Waals surface area contributed by atoms with Gasteiger partial charge in [0.2, 0.25) is 11.8 Å². The lowest BCUT2D eigenvalue weighted by atomic mass is 10.0. The van der Waals surface area contributed by atoms with Crippen molar-refractivity contribution in [1.82, 2.24) is 34.5 Å². The molecule has 3 aromatic heterocycles. The molecule has 228 valence electrons. The minimum atomic E-state index is -0.633. The van der Waals surface area contributed by atoms with E-state index >= 15 is 0 Å². The van der Waals surface area contributed by atoms with Crippen LogP contribution in [-0.2, 0) is 22.7 Å². The van der Waals surface area contributed by atoms with E-state index in [-0.39, 0.29) is 35.6 Å². The SMILES string of the molecule is CCN(C)Cc1ccc(Br)nc1NC(=O)[C@@H]1C[C@@]2(C)C[C@H]2N1C(=O)Cn1nc(C(C)=O)c2cc(-c3cnc(C)nc3)ccc21. The lowest BCUT2D eigenvalue weighted by molar-refractivity contribution is -0.138. The molecule has 0 radical (unpaired) electrons. The van der Waals surface area contributed by atoms with Crippen molar-refractivity contribution in [3.63, 3.8) is 0 Å². The average molecular weight is 660 g/mol. The number of hydrogen-bond donors (Lipinski definition) is 1. The van der Waals surface area contributed by atoms with Gasteiger partial charge in [-0.25, -0.2) is 15.0 Å². The smallest absolute Gasteiger partial charge is 0.248 e. The number of Topliss-reactive ketones (excluding diaryl/α,β-unsaturated/α-hetero) is 1. The van der Waals surface area contributed by atoms with Crippen molar-refractivity contribution in [3.8, 4) is 11.1 Å². The van der Waals surface area contributed by atoms with Crippen LogP contribution in [0, 0.1) is 12.3 Å². The van der Waals surface area contributed by atoms with Crippen LogP contribution in [0.1, 0.15) is 55.5 Å². The number of nitrogens with zero attached hydrogens (tertiary/aromatic N) is 7. The largest absolute Gasteiger partial charge is 0.325 e. The van der Waals surface area contributed by atoms with Crippen molar-refractivity contribution in [2.45, 2.75) is 65.7 Å². The molecular formula is C32H35BrN8O3. The minimum Gasteiger partial charge on any atom is -0.325 e. The molecule has 2 aliphatic rings. The van der Waals surface area contributed by atoms with Crippen LogP contribution in [0.3, 0.4) is 0 Å². The summed E-state index contributed by atoms with van der Waals surface area (Å²) in [7, 11) is 2.01. The summed E-state index contributed by atoms with van der Waals surface area (Å²) in [5.41, 5.74) is 3.42. The van der Waals surface area contributed by atoms with Gasteiger partial charge in [0.25, 0.3) is 0 Å². The first-order chi connectivity index (χ1) is 21.0. The number of aryl methyl sites for hydroxylation is 1. The van der Waals surface area contributed by atoms with Gasteiger partial charge in [-0.1, -0.05) is 26.0 Å². The third-order valence-electron chi connectivity index (χ3n) is 8.88. The number of rotatable bonds is 9. The van der Waals surface area contributed by atoms with Gasteiger partial charge in [-0.05, 0) is 78.5 Å². The number of piperidine rings is 1. The molecule has 4 heterocycles. The molecule has 2 amide bonds. The van der Waals surface area contributed by atoms with Crippen molar-refractivity contribution >= 4 is 50.2 Å². The standard InChI is InChI=1S/C32H35BrN8O3/c1-6-39(5)16-21-8-10-27(33)36-30(21)37-31(44)25-12-32(4)13-26(32)41(25)28(43)17-40-24-9-7-20(22-14-34-19(3)35-15-22)11-23(24)29(38-40)18(2)42/h7-11,14-15,25-26H,6,12-13,16-17H2,1-5H3,(H,36,37,44)/t25-,26+,32-/m0/s1. The number of pyridine rings is 1. The molecule has 1 aromatic carbocycles. The number of aromatic nitrogens is 5. The zero-order chi connectivity index (χ0) is 31.3. The number of carbonyl (C=O) groups excluding carboxylic acids is 3. The van der Waals surface area contributed by atoms with E-state index in [4.69, 9.17) is 0 Å². The predicted octanol–water partition coefficient (Wildman–Crippen LogP) is 4.63. The Balaban J connectivity index is 1.27. The van der Waals surface area contributed by atoms with E-state index in [1.54, 1.807) is 22.0 Å². The third-order valence-corrected chi connectivity index (χ3v) is 9.32. The van der Waals surface area contributed by atoms with Crippen LogP contribution in [-0.4, -0.2) is 77.8 Å². The lowest BCUT2D eigenvalue weighted by Gasteiger charge is -2.27. The van der Waals surface area contributed by atoms with E-state index < -0.39 is 6.04 Å². The van der Waals surface area contributed by atoms with E-state index in [0.717, 1.165) is 29.7 Å². The summed E-state index contributed by atoms with van der Waals surface area (Å²) >= 11 is 3.42. The zero-order valence-electron chi connectivity index (χ0n) is 25.5. The molecule has 1 aliphatic carbocycles. The molecule has 12 heteroatoms. The van der Waals surface area contributed by atoms with Crippen LogP contribution >= 0.6 is 15.9 Å². The van der Waals surface area contributed by atoms with Crippen LogP contribution in [0.15, 0.2) is 47.3 Å². The molecule has 44 heavy (non-hydrogen) atoms. The Kier molecular flexibility index (Phi) is 7.83. The first-order valence-electron chi connectivity index (χ1n) is 14.7. The number of anilines is 1. The maximum absolute atomic E-state index is 14.0. The Morgan fingerprint density at radius 3 is 2.57 bits per heavy atom. The van der Waals surface area contributed by atoms with Gasteiger partial charge < -0.3 is 15.1 Å². The van der Waals surface area contributed by atoms with Crippen molar-refractivity contribution in [2.24, 2.45) is 5.41 Å². The van der Waals surface area contributed by atoms with Crippen LogP contribution < -0.4 is 5.32 Å². The number of likely N-dealkylation sites (tertiary alicyclic amines) is 1. The highest BCUT2D eigenvalue weighted by molar-refractivity contribution is 9.10. The highest BCUT2D eigenvalue weighted by Crippen LogP contribution is 2.59. The monoisotopic (exact) mass is 658 g/mol. The summed E-state index contributed by atoms with van der Waals surface area (Å²) in [6.45, 7) is 8.87. The first kappa shape index (κ1) is 30.0. The van der Waals surface area contributed by atoms with Crippen LogP contribution in [0.2, 0.25) is 0 Å². The second-order valence-electron chi connectivity index (χ2n) is 12.2. The van der Waals surface area contributed by atoms with Gasteiger partial charge in [0.15, 0.2) is 5.78 Å². The van der Waals surface area contributed by atoms with Gasteiger partial charge in [-0.2, -0.15) is 5.10 Å². The van der Waals surface area contributed by atoms with Crippen molar-refractivity contribution < 1.29 is 14.4 Å². The minimum absolute atomic E-state index is 0.0193. The molecule has 0 unspecified atom stereocenters. The predicted molar refractivity (Wildman–Crippen MR) is 170 cm³/mol. The molecule has 1 saturated heterocycles. The van der Waals surface area contributed by atoms with Gasteiger partial charge in [0.1, 0.15) is 34.5 Å². The van der Waals surface area contributed by atoms with Gasteiger partial charge >= 0.3 is 0 Å². The van der Waals surface area contributed by atoms with E-state index in [9.17, 15) is 14.4 Å². The van der Waals surface area contributed by atoms with Crippen LogP contribution in [0.5, 0.6) is 0 Å². The van der Waals surface area contributed by atoms with E-state index in [0.29, 0.717) is 45.8 Å². The number of carbonyl (C=O) groups is 3. The summed E-state index contributed by atoms with van der Waals surface area (Å²) in [6, 6.07) is 8.81. The fourth-order valence-corrected chi connectivity index (χ4v) is 6.46. The Morgan fingerprint density at radius 2 is 1.86 bits per heavy atom. The molecule has 1 aliphatic heterocycles. The maximum atomic E-state index is 14.0. The normalized spacial score (nSPS) is 20.7. The number of benzene rings is 1. The maximum Gasteiger partial charge on any atom is 0.248 e. The molecule has 6 rings (SSSR count). The highest BCUT2D eigenvalue weighted by atomic mass is 79.9. The highest BCUT2D eigenvalue weighted by Gasteiger charge is 2.64. The second kappa shape index (κ2) is 11.5. The summed E-state index contributed by atoms with van der Waals surface area (Å²) < 4.78 is 2.19. The number of ketones is 1. The number of fused-ring (bicyclic) bond motifs is 2. The average Bonchev–Trinajstić information content (AvgIpc) is 3.35. The summed E-state index contributed by atoms with van der Waals surface area (Å²) in [5.74, 6) is 0.501. The van der Waals surface area contributed by atoms with Crippen LogP contribution in [0.4, 0.5) is 5.82 Å². The molecular weight excluding hydrogens is 624 g/mol. The topological polar surface area (TPSA) is 126 Å². The summed E-state index contributed by atoms with van der Waals surface area (Å²) in [4.78, 5) is 57.3. The molecule has 1 N–H and O–H groups in total. The van der Waals surface area contributed by atoms with Crippen molar-refractivity contribution in [1.29, 1.82) is 0 Å². The van der Waals surface area contributed by atoms with E-state index in [1.807, 2.05) is 44.3 Å². The van der Waals surface area contributed by atoms with Gasteiger partial charge in [-0.15, -0.1) is 0 Å². The summed E-state index contributed by atoms with van der Waals surface area (Å²) in [5, 5.41) is 8.25. The van der Waals surface area contributed by atoms with Gasteiger partial charge in [-0.3, -0.25) is 19.1 Å². The van der Waals surface area contributed by atoms with Gasteiger partial charge in [0, 0.05) is 48.4 Å². The fraction of sp³-hybridized carbons (Fsp3) is 0.406. The number of amides is 2. The molecule has 0 spiro atoms. The molecule has 11 nitrogen and oxygen atoms in total. The molecule has 4 aromatic rings. The van der Waals surface area contributed by atoms with Gasteiger partial charge in [0.05, 0.1) is 5.52 Å². The zero-order valence-corrected chi connectivity index (χ0v) is 27.1. The number of halogens is 1. The third kappa shape index (κ3) is 5.63. The van der Waals surface area contributed by atoms with Crippen LogP contribution in [0.25, 0.3) is 22.0 Å². The molecule has 2 fully saturated rings. The molecule has 1 saturated carbocycles. The van der Waals surface area contributed by atoms with Crippen molar-refractivity contribution in [2.75, 3.05) is 18.9 Å². The number of hydrogen-bond acceptors (Lipinski definition) is 8. The first-order valence-corrected chi connectivity index (χ1v) is 15.5. The quantitative estimate of drug-likeness (QED) is 0.204. The second-order valence-corrected chi connectivity index (χ2v) is 13.0. The Bertz CT molecular complexity index is 1790. The van der Waals surface area contributed by atoms with Crippen molar-refractivity contribution in [3.05, 3.63) is 64.4 Å². The fourth-order valence-electron chi connectivity index (χ4n) is 6.15. The Hall–Kier alpha value is -4.03. The summed E-state index contributed by atoms with van der Waals surface area (Å²) in [6.07, 6.45) is 4.91. The lowest BCUT2D eigenvalue weighted by Crippen LogP contribution is -2.47. The van der Waals surface area contributed by atoms with E-state index in [2.05, 4.69) is 60.0 Å². The Labute approximate surface area is 264 Å². The Morgan fingerprint density at radius 1 is 1.11 bits per heavy atom. The number of nitrogens with one attached hydrogen (secondary N) is 1. The molecule has 3 atom stereocenters.